The molecule has 5 nitrogen and oxygen atoms in total. The van der Waals surface area contributed by atoms with Crippen LogP contribution >= 0.6 is 0 Å². The molecule has 0 aromatic carbocycles. The van der Waals surface area contributed by atoms with Gasteiger partial charge in [-0.05, 0) is 57.8 Å². The molecule has 1 atom stereocenters. The van der Waals surface area contributed by atoms with Gasteiger partial charge in [0.05, 0.1) is 5.52 Å². The smallest absolute Gasteiger partial charge is 0.272 e. The van der Waals surface area contributed by atoms with E-state index in [9.17, 15) is 4.79 Å². The predicted molar refractivity (Wildman–Crippen MR) is 89.8 cm³/mol. The van der Waals surface area contributed by atoms with Gasteiger partial charge in [0, 0.05) is 24.7 Å². The van der Waals surface area contributed by atoms with Crippen LogP contribution < -0.4 is 5.32 Å². The normalized spacial score (nSPS) is 20.0. The number of imidazole rings is 1. The van der Waals surface area contributed by atoms with Crippen LogP contribution in [0.3, 0.4) is 0 Å². The van der Waals surface area contributed by atoms with Crippen LogP contribution in [0, 0.1) is 0 Å². The van der Waals surface area contributed by atoms with E-state index >= 15 is 0 Å². The largest absolute Gasteiger partial charge is 0.349 e. The molecule has 5 heteroatoms. The fourth-order valence-corrected chi connectivity index (χ4v) is 3.49. The molecule has 2 aromatic rings. The molecule has 1 aliphatic carbocycles. The molecule has 122 valence electrons. The molecule has 23 heavy (non-hydrogen) atoms. The maximum atomic E-state index is 12.6. The van der Waals surface area contributed by atoms with Gasteiger partial charge < -0.3 is 9.72 Å². The van der Waals surface area contributed by atoms with Crippen LogP contribution in [0.2, 0.25) is 0 Å². The minimum Gasteiger partial charge on any atom is -0.349 e. The van der Waals surface area contributed by atoms with Gasteiger partial charge in [0.2, 0.25) is 0 Å². The van der Waals surface area contributed by atoms with Gasteiger partial charge in [-0.1, -0.05) is 6.07 Å². The Balaban J connectivity index is 1.50. The SMILES string of the molecule is CC(CNC(=O)c1nc(C2CC2)n2ccccc12)N1CCCC1. The minimum atomic E-state index is -0.0494. The molecule has 1 amide bonds. The van der Waals surface area contributed by atoms with Crippen LogP contribution in [0.25, 0.3) is 5.52 Å². The first-order valence-electron chi connectivity index (χ1n) is 8.73. The summed E-state index contributed by atoms with van der Waals surface area (Å²) in [4.78, 5) is 19.7. The number of nitrogens with one attached hydrogen (secondary N) is 1. The summed E-state index contributed by atoms with van der Waals surface area (Å²) in [5.41, 5.74) is 1.49. The van der Waals surface area contributed by atoms with Crippen molar-refractivity contribution in [2.24, 2.45) is 0 Å². The Morgan fingerprint density at radius 1 is 1.35 bits per heavy atom. The standard InChI is InChI=1S/C18H24N4O/c1-13(21-9-4-5-10-21)12-19-18(23)16-15-6-2-3-11-22(15)17(20-16)14-7-8-14/h2-3,6,11,13-14H,4-5,7-10,12H2,1H3,(H,19,23). The minimum absolute atomic E-state index is 0.0494. The van der Waals surface area contributed by atoms with E-state index in [1.165, 1.54) is 25.7 Å². The first kappa shape index (κ1) is 14.7. The van der Waals surface area contributed by atoms with Crippen LogP contribution in [-0.2, 0) is 0 Å². The van der Waals surface area contributed by atoms with Crippen molar-refractivity contribution in [2.75, 3.05) is 19.6 Å². The number of hydrogen-bond donors (Lipinski definition) is 1. The van der Waals surface area contributed by atoms with E-state index in [2.05, 4.69) is 26.5 Å². The number of amides is 1. The second-order valence-corrected chi connectivity index (χ2v) is 6.85. The molecule has 0 radical (unpaired) electrons. The van der Waals surface area contributed by atoms with Crippen LogP contribution in [0.1, 0.15) is 54.8 Å². The van der Waals surface area contributed by atoms with Gasteiger partial charge in [-0.3, -0.25) is 9.69 Å². The maximum Gasteiger partial charge on any atom is 0.272 e. The molecule has 4 rings (SSSR count). The number of hydrogen-bond acceptors (Lipinski definition) is 3. The number of aromatic nitrogens is 2. The van der Waals surface area contributed by atoms with E-state index in [1.807, 2.05) is 24.4 Å². The Bertz CT molecular complexity index is 713. The molecule has 0 bridgehead atoms. The Hall–Kier alpha value is -1.88. The van der Waals surface area contributed by atoms with Crippen molar-refractivity contribution >= 4 is 11.4 Å². The van der Waals surface area contributed by atoms with Gasteiger partial charge in [-0.25, -0.2) is 4.98 Å². The van der Waals surface area contributed by atoms with Gasteiger partial charge >= 0.3 is 0 Å². The topological polar surface area (TPSA) is 49.6 Å². The maximum absolute atomic E-state index is 12.6. The lowest BCUT2D eigenvalue weighted by Gasteiger charge is -2.23. The molecular formula is C18H24N4O. The zero-order valence-corrected chi connectivity index (χ0v) is 13.7. The van der Waals surface area contributed by atoms with Crippen LogP contribution in [0.5, 0.6) is 0 Å². The Morgan fingerprint density at radius 3 is 2.87 bits per heavy atom. The van der Waals surface area contributed by atoms with Gasteiger partial charge in [0.25, 0.3) is 5.91 Å². The molecule has 2 aliphatic rings. The highest BCUT2D eigenvalue weighted by molar-refractivity contribution is 5.99. The Kier molecular flexibility index (Phi) is 3.81. The lowest BCUT2D eigenvalue weighted by atomic mass is 10.2. The molecule has 3 heterocycles. The fourth-order valence-electron chi connectivity index (χ4n) is 3.49. The van der Waals surface area contributed by atoms with Gasteiger partial charge in [-0.2, -0.15) is 0 Å². The van der Waals surface area contributed by atoms with Crippen molar-refractivity contribution in [3.8, 4) is 0 Å². The molecule has 1 N–H and O–H groups in total. The first-order chi connectivity index (χ1) is 11.2. The summed E-state index contributed by atoms with van der Waals surface area (Å²) in [5, 5.41) is 3.08. The summed E-state index contributed by atoms with van der Waals surface area (Å²) in [5.74, 6) is 1.51. The fraction of sp³-hybridized carbons (Fsp3) is 0.556. The molecular weight excluding hydrogens is 288 g/mol. The number of fused-ring (bicyclic) bond motifs is 1. The van der Waals surface area contributed by atoms with Gasteiger partial charge in [-0.15, -0.1) is 0 Å². The van der Waals surface area contributed by atoms with E-state index in [0.717, 1.165) is 24.4 Å². The molecule has 1 saturated carbocycles. The monoisotopic (exact) mass is 312 g/mol. The van der Waals surface area contributed by atoms with Crippen LogP contribution in [-0.4, -0.2) is 45.9 Å². The zero-order valence-electron chi connectivity index (χ0n) is 13.7. The number of carbonyl (C=O) groups is 1. The number of nitrogens with zero attached hydrogens (tertiary/aromatic N) is 3. The summed E-state index contributed by atoms with van der Waals surface area (Å²) < 4.78 is 2.08. The molecule has 1 saturated heterocycles. The number of rotatable bonds is 5. The third kappa shape index (κ3) is 2.85. The summed E-state index contributed by atoms with van der Waals surface area (Å²) in [6.45, 7) is 5.17. The van der Waals surface area contributed by atoms with Crippen molar-refractivity contribution < 1.29 is 4.79 Å². The third-order valence-electron chi connectivity index (χ3n) is 5.06. The average molecular weight is 312 g/mol. The Labute approximate surface area is 136 Å². The second kappa shape index (κ2) is 5.96. The summed E-state index contributed by atoms with van der Waals surface area (Å²) in [6, 6.07) is 6.34. The van der Waals surface area contributed by atoms with Crippen molar-refractivity contribution in [2.45, 2.75) is 44.6 Å². The molecule has 1 unspecified atom stereocenters. The van der Waals surface area contributed by atoms with Crippen molar-refractivity contribution in [1.82, 2.24) is 19.6 Å². The van der Waals surface area contributed by atoms with Crippen molar-refractivity contribution in [3.63, 3.8) is 0 Å². The second-order valence-electron chi connectivity index (χ2n) is 6.85. The highest BCUT2D eigenvalue weighted by Gasteiger charge is 2.30. The van der Waals surface area contributed by atoms with Crippen LogP contribution in [0.15, 0.2) is 24.4 Å². The lowest BCUT2D eigenvalue weighted by molar-refractivity contribution is 0.0937. The van der Waals surface area contributed by atoms with E-state index in [-0.39, 0.29) is 5.91 Å². The highest BCUT2D eigenvalue weighted by atomic mass is 16.1. The number of pyridine rings is 1. The highest BCUT2D eigenvalue weighted by Crippen LogP contribution is 2.39. The zero-order chi connectivity index (χ0) is 15.8. The predicted octanol–water partition coefficient (Wildman–Crippen LogP) is 2.43. The van der Waals surface area contributed by atoms with E-state index in [0.29, 0.717) is 24.2 Å². The first-order valence-corrected chi connectivity index (χ1v) is 8.73. The van der Waals surface area contributed by atoms with E-state index in [4.69, 9.17) is 0 Å². The van der Waals surface area contributed by atoms with Gasteiger partial charge in [0.1, 0.15) is 5.82 Å². The Morgan fingerprint density at radius 2 is 2.13 bits per heavy atom. The van der Waals surface area contributed by atoms with E-state index < -0.39 is 0 Å². The van der Waals surface area contributed by atoms with Crippen molar-refractivity contribution in [3.05, 3.63) is 35.9 Å². The van der Waals surface area contributed by atoms with Crippen molar-refractivity contribution in [1.29, 1.82) is 0 Å². The number of carbonyl (C=O) groups excluding carboxylic acids is 1. The summed E-state index contributed by atoms with van der Waals surface area (Å²) in [6.07, 6.45) is 6.92. The van der Waals surface area contributed by atoms with E-state index in [1.54, 1.807) is 0 Å². The average Bonchev–Trinajstić information content (AvgIpc) is 3.13. The van der Waals surface area contributed by atoms with Gasteiger partial charge in [0.15, 0.2) is 5.69 Å². The third-order valence-corrected chi connectivity index (χ3v) is 5.06. The summed E-state index contributed by atoms with van der Waals surface area (Å²) in [7, 11) is 0. The summed E-state index contributed by atoms with van der Waals surface area (Å²) >= 11 is 0. The molecule has 2 fully saturated rings. The molecule has 0 spiro atoms. The molecule has 2 aromatic heterocycles. The lowest BCUT2D eigenvalue weighted by Crippen LogP contribution is -2.40. The molecule has 1 aliphatic heterocycles. The van der Waals surface area contributed by atoms with Crippen LogP contribution in [0.4, 0.5) is 0 Å². The quantitative estimate of drug-likeness (QED) is 0.922. The number of likely N-dealkylation sites (tertiary alicyclic amines) is 1.